The second-order valence-electron chi connectivity index (χ2n) is 7.52. The molecule has 4 rings (SSSR count). The lowest BCUT2D eigenvalue weighted by atomic mass is 10.1. The topological polar surface area (TPSA) is 58.1 Å². The van der Waals surface area contributed by atoms with Crippen LogP contribution in [0.2, 0.25) is 0 Å². The van der Waals surface area contributed by atoms with Gasteiger partial charge in [-0.2, -0.15) is 0 Å². The summed E-state index contributed by atoms with van der Waals surface area (Å²) in [6.07, 6.45) is 3.30. The number of likely N-dealkylation sites (tertiary alicyclic amines) is 1. The smallest absolute Gasteiger partial charge is 0.272 e. The second-order valence-corrected chi connectivity index (χ2v) is 7.52. The summed E-state index contributed by atoms with van der Waals surface area (Å²) in [6, 6.07) is 20.0. The fourth-order valence-electron chi connectivity index (χ4n) is 3.52. The lowest BCUT2D eigenvalue weighted by Crippen LogP contribution is -2.36. The Bertz CT molecular complexity index is 964. The Hall–Kier alpha value is -3.21. The first-order valence-electron chi connectivity index (χ1n) is 10.2. The lowest BCUT2D eigenvalue weighted by Gasteiger charge is -2.26. The van der Waals surface area contributed by atoms with E-state index in [1.807, 2.05) is 35.2 Å². The average Bonchev–Trinajstić information content (AvgIpc) is 2.79. The van der Waals surface area contributed by atoms with Crippen molar-refractivity contribution in [2.75, 3.05) is 18.4 Å². The molecule has 1 amide bonds. The Labute approximate surface area is 171 Å². The molecule has 0 spiro atoms. The van der Waals surface area contributed by atoms with Crippen LogP contribution < -0.4 is 5.32 Å². The second kappa shape index (κ2) is 8.86. The predicted octanol–water partition coefficient (Wildman–Crippen LogP) is 4.69. The van der Waals surface area contributed by atoms with Crippen LogP contribution >= 0.6 is 0 Å². The summed E-state index contributed by atoms with van der Waals surface area (Å²) in [7, 11) is 0. The molecule has 2 aromatic carbocycles. The number of piperidine rings is 1. The molecule has 0 aliphatic carbocycles. The van der Waals surface area contributed by atoms with Crippen LogP contribution in [-0.4, -0.2) is 33.9 Å². The fourth-order valence-corrected chi connectivity index (χ4v) is 3.52. The quantitative estimate of drug-likeness (QED) is 0.691. The molecule has 1 N–H and O–H groups in total. The maximum atomic E-state index is 13.1. The Morgan fingerprint density at radius 1 is 0.966 bits per heavy atom. The van der Waals surface area contributed by atoms with Gasteiger partial charge in [-0.15, -0.1) is 0 Å². The normalized spacial score (nSPS) is 13.9. The number of nitrogens with zero attached hydrogens (tertiary/aromatic N) is 3. The van der Waals surface area contributed by atoms with Crippen molar-refractivity contribution in [2.45, 2.75) is 32.7 Å². The SMILES string of the molecule is Cc1ccc(CNc2cc(C(=O)N3CCCCC3)nc(-c3ccccc3)n2)cc1. The number of amides is 1. The van der Waals surface area contributed by atoms with Crippen LogP contribution in [0.3, 0.4) is 0 Å². The molecule has 0 bridgehead atoms. The molecule has 1 fully saturated rings. The van der Waals surface area contributed by atoms with Crippen molar-refractivity contribution < 1.29 is 4.79 Å². The Morgan fingerprint density at radius 2 is 1.69 bits per heavy atom. The van der Waals surface area contributed by atoms with E-state index in [2.05, 4.69) is 46.5 Å². The molecule has 3 aromatic rings. The zero-order valence-corrected chi connectivity index (χ0v) is 16.8. The van der Waals surface area contributed by atoms with Gasteiger partial charge in [-0.1, -0.05) is 60.2 Å². The van der Waals surface area contributed by atoms with Gasteiger partial charge in [-0.05, 0) is 31.7 Å². The molecule has 5 nitrogen and oxygen atoms in total. The van der Waals surface area contributed by atoms with E-state index in [1.54, 1.807) is 6.07 Å². The van der Waals surface area contributed by atoms with Gasteiger partial charge in [0.25, 0.3) is 5.91 Å². The van der Waals surface area contributed by atoms with Crippen molar-refractivity contribution in [3.05, 3.63) is 77.5 Å². The maximum Gasteiger partial charge on any atom is 0.272 e. The number of rotatable bonds is 5. The number of hydrogen-bond acceptors (Lipinski definition) is 4. The van der Waals surface area contributed by atoms with Crippen LogP contribution in [0.1, 0.15) is 40.9 Å². The molecule has 5 heteroatoms. The van der Waals surface area contributed by atoms with Crippen molar-refractivity contribution in [1.29, 1.82) is 0 Å². The molecule has 0 atom stereocenters. The third-order valence-corrected chi connectivity index (χ3v) is 5.21. The fraction of sp³-hybridized carbons (Fsp3) is 0.292. The lowest BCUT2D eigenvalue weighted by molar-refractivity contribution is 0.0718. The highest BCUT2D eigenvalue weighted by Gasteiger charge is 2.21. The largest absolute Gasteiger partial charge is 0.366 e. The van der Waals surface area contributed by atoms with Gasteiger partial charge in [0.05, 0.1) is 0 Å². The number of benzene rings is 2. The van der Waals surface area contributed by atoms with E-state index in [-0.39, 0.29) is 5.91 Å². The number of aromatic nitrogens is 2. The molecule has 29 heavy (non-hydrogen) atoms. The van der Waals surface area contributed by atoms with Crippen molar-refractivity contribution in [3.63, 3.8) is 0 Å². The van der Waals surface area contributed by atoms with Crippen LogP contribution in [-0.2, 0) is 6.54 Å². The number of carbonyl (C=O) groups excluding carboxylic acids is 1. The molecule has 1 aromatic heterocycles. The number of anilines is 1. The first-order valence-corrected chi connectivity index (χ1v) is 10.2. The van der Waals surface area contributed by atoms with Gasteiger partial charge in [0.15, 0.2) is 5.82 Å². The predicted molar refractivity (Wildman–Crippen MR) is 116 cm³/mol. The summed E-state index contributed by atoms with van der Waals surface area (Å²) in [5, 5.41) is 3.37. The molecule has 148 valence electrons. The van der Waals surface area contributed by atoms with Crippen LogP contribution in [0.15, 0.2) is 60.7 Å². The van der Waals surface area contributed by atoms with E-state index in [9.17, 15) is 4.79 Å². The zero-order chi connectivity index (χ0) is 20.1. The summed E-state index contributed by atoms with van der Waals surface area (Å²) in [6.45, 7) is 4.32. The minimum absolute atomic E-state index is 0.0114. The molecule has 1 aliphatic rings. The summed E-state index contributed by atoms with van der Waals surface area (Å²) < 4.78 is 0. The maximum absolute atomic E-state index is 13.1. The molecular formula is C24H26N4O. The third kappa shape index (κ3) is 4.80. The van der Waals surface area contributed by atoms with Crippen molar-refractivity contribution >= 4 is 11.7 Å². The van der Waals surface area contributed by atoms with E-state index in [0.29, 0.717) is 23.9 Å². The monoisotopic (exact) mass is 386 g/mol. The zero-order valence-electron chi connectivity index (χ0n) is 16.8. The molecular weight excluding hydrogens is 360 g/mol. The standard InChI is InChI=1S/C24H26N4O/c1-18-10-12-19(13-11-18)17-25-22-16-21(24(29)28-14-6-3-7-15-28)26-23(27-22)20-8-4-2-5-9-20/h2,4-5,8-13,16H,3,6-7,14-15,17H2,1H3,(H,25,26,27). The van der Waals surface area contributed by atoms with Gasteiger partial charge in [0.2, 0.25) is 0 Å². The molecule has 0 saturated carbocycles. The highest BCUT2D eigenvalue weighted by molar-refractivity contribution is 5.93. The first kappa shape index (κ1) is 19.1. The summed E-state index contributed by atoms with van der Waals surface area (Å²) in [5.74, 6) is 1.22. The minimum Gasteiger partial charge on any atom is -0.366 e. The van der Waals surface area contributed by atoms with Crippen molar-refractivity contribution in [1.82, 2.24) is 14.9 Å². The van der Waals surface area contributed by atoms with Crippen LogP contribution in [0.25, 0.3) is 11.4 Å². The summed E-state index contributed by atoms with van der Waals surface area (Å²) in [4.78, 5) is 24.2. The van der Waals surface area contributed by atoms with E-state index < -0.39 is 0 Å². The molecule has 1 aliphatic heterocycles. The van der Waals surface area contributed by atoms with Gasteiger partial charge in [0, 0.05) is 31.3 Å². The molecule has 1 saturated heterocycles. The van der Waals surface area contributed by atoms with Gasteiger partial charge < -0.3 is 10.2 Å². The number of carbonyl (C=O) groups is 1. The average molecular weight is 386 g/mol. The van der Waals surface area contributed by atoms with Gasteiger partial charge in [-0.3, -0.25) is 4.79 Å². The first-order chi connectivity index (χ1) is 14.2. The van der Waals surface area contributed by atoms with E-state index in [4.69, 9.17) is 0 Å². The van der Waals surface area contributed by atoms with Crippen molar-refractivity contribution in [3.8, 4) is 11.4 Å². The third-order valence-electron chi connectivity index (χ3n) is 5.21. The summed E-state index contributed by atoms with van der Waals surface area (Å²) >= 11 is 0. The Morgan fingerprint density at radius 3 is 2.41 bits per heavy atom. The van der Waals surface area contributed by atoms with E-state index in [0.717, 1.165) is 31.5 Å². The van der Waals surface area contributed by atoms with E-state index >= 15 is 0 Å². The van der Waals surface area contributed by atoms with Crippen molar-refractivity contribution in [2.24, 2.45) is 0 Å². The van der Waals surface area contributed by atoms with Gasteiger partial charge >= 0.3 is 0 Å². The minimum atomic E-state index is -0.0114. The van der Waals surface area contributed by atoms with Gasteiger partial charge in [0.1, 0.15) is 11.5 Å². The van der Waals surface area contributed by atoms with E-state index in [1.165, 1.54) is 17.5 Å². The molecule has 0 radical (unpaired) electrons. The van der Waals surface area contributed by atoms with Crippen LogP contribution in [0, 0.1) is 6.92 Å². The number of aryl methyl sites for hydroxylation is 1. The highest BCUT2D eigenvalue weighted by atomic mass is 16.2. The van der Waals surface area contributed by atoms with Crippen LogP contribution in [0.5, 0.6) is 0 Å². The number of nitrogens with one attached hydrogen (secondary N) is 1. The summed E-state index contributed by atoms with van der Waals surface area (Å²) in [5.41, 5.74) is 3.75. The Kier molecular flexibility index (Phi) is 5.84. The molecule has 2 heterocycles. The van der Waals surface area contributed by atoms with Crippen LogP contribution in [0.4, 0.5) is 5.82 Å². The Balaban J connectivity index is 1.62. The molecule has 0 unspecified atom stereocenters. The van der Waals surface area contributed by atoms with Gasteiger partial charge in [-0.25, -0.2) is 9.97 Å². The highest BCUT2D eigenvalue weighted by Crippen LogP contribution is 2.20. The number of hydrogen-bond donors (Lipinski definition) is 1.